The SMILES string of the molecule is Cc1ccc(C[NH+](C)CC(=O)N2CCN(S(=O)(=O)Cc3ccccc3)CC2)c(C)c1. The van der Waals surface area contributed by atoms with Crippen molar-refractivity contribution in [2.45, 2.75) is 26.1 Å². The molecule has 7 heteroatoms. The van der Waals surface area contributed by atoms with Gasteiger partial charge < -0.3 is 9.80 Å². The maximum atomic E-state index is 12.7. The van der Waals surface area contributed by atoms with E-state index in [1.54, 1.807) is 4.90 Å². The minimum Gasteiger partial charge on any atom is -0.335 e. The zero-order valence-electron chi connectivity index (χ0n) is 18.1. The summed E-state index contributed by atoms with van der Waals surface area (Å²) in [5.41, 5.74) is 4.53. The van der Waals surface area contributed by atoms with Crippen LogP contribution in [0.2, 0.25) is 0 Å². The first-order valence-electron chi connectivity index (χ1n) is 10.4. The summed E-state index contributed by atoms with van der Waals surface area (Å²) < 4.78 is 26.9. The summed E-state index contributed by atoms with van der Waals surface area (Å²) in [6, 6.07) is 15.6. The number of amides is 1. The van der Waals surface area contributed by atoms with Crippen LogP contribution in [-0.2, 0) is 27.1 Å². The molecule has 2 aromatic carbocycles. The zero-order chi connectivity index (χ0) is 21.7. The number of hydrogen-bond acceptors (Lipinski definition) is 3. The van der Waals surface area contributed by atoms with E-state index in [0.717, 1.165) is 17.0 Å². The van der Waals surface area contributed by atoms with E-state index in [9.17, 15) is 13.2 Å². The van der Waals surface area contributed by atoms with Crippen molar-refractivity contribution in [2.24, 2.45) is 0 Å². The van der Waals surface area contributed by atoms with Crippen LogP contribution in [0.3, 0.4) is 0 Å². The highest BCUT2D eigenvalue weighted by atomic mass is 32.2. The van der Waals surface area contributed by atoms with Crippen LogP contribution >= 0.6 is 0 Å². The summed E-state index contributed by atoms with van der Waals surface area (Å²) >= 11 is 0. The maximum absolute atomic E-state index is 12.7. The Morgan fingerprint density at radius 3 is 2.30 bits per heavy atom. The Balaban J connectivity index is 1.50. The maximum Gasteiger partial charge on any atom is 0.277 e. The van der Waals surface area contributed by atoms with Crippen molar-refractivity contribution in [3.05, 3.63) is 70.8 Å². The van der Waals surface area contributed by atoms with Gasteiger partial charge in [0.05, 0.1) is 12.8 Å². The van der Waals surface area contributed by atoms with Crippen LogP contribution in [0.4, 0.5) is 0 Å². The number of benzene rings is 2. The Kier molecular flexibility index (Phi) is 7.28. The topological polar surface area (TPSA) is 62.1 Å². The van der Waals surface area contributed by atoms with Crippen molar-refractivity contribution in [2.75, 3.05) is 39.8 Å². The van der Waals surface area contributed by atoms with Crippen LogP contribution < -0.4 is 4.90 Å². The molecule has 0 radical (unpaired) electrons. The summed E-state index contributed by atoms with van der Waals surface area (Å²) in [5.74, 6) is 0.0854. The highest BCUT2D eigenvalue weighted by molar-refractivity contribution is 7.88. The van der Waals surface area contributed by atoms with Gasteiger partial charge in [-0.05, 0) is 25.0 Å². The summed E-state index contributed by atoms with van der Waals surface area (Å²) in [6.45, 7) is 7.00. The van der Waals surface area contributed by atoms with E-state index in [2.05, 4.69) is 32.0 Å². The fourth-order valence-corrected chi connectivity index (χ4v) is 5.41. The average Bonchev–Trinajstić information content (AvgIpc) is 2.70. The summed E-state index contributed by atoms with van der Waals surface area (Å²) in [4.78, 5) is 15.6. The molecule has 3 rings (SSSR count). The Morgan fingerprint density at radius 2 is 1.67 bits per heavy atom. The molecule has 162 valence electrons. The molecular formula is C23H32N3O3S+. The number of carbonyl (C=O) groups excluding carboxylic acids is 1. The number of piperazine rings is 1. The van der Waals surface area contributed by atoms with Gasteiger partial charge in [-0.3, -0.25) is 4.79 Å². The number of nitrogens with one attached hydrogen (secondary N) is 1. The third-order valence-electron chi connectivity index (χ3n) is 5.62. The third kappa shape index (κ3) is 5.90. The Labute approximate surface area is 180 Å². The molecule has 1 fully saturated rings. The molecule has 1 atom stereocenters. The summed E-state index contributed by atoms with van der Waals surface area (Å²) in [5, 5.41) is 0. The molecule has 0 aliphatic carbocycles. The van der Waals surface area contributed by atoms with Crippen molar-refractivity contribution in [1.29, 1.82) is 0 Å². The highest BCUT2D eigenvalue weighted by Gasteiger charge is 2.29. The van der Waals surface area contributed by atoms with Crippen molar-refractivity contribution in [3.63, 3.8) is 0 Å². The monoisotopic (exact) mass is 430 g/mol. The van der Waals surface area contributed by atoms with Gasteiger partial charge in [-0.25, -0.2) is 8.42 Å². The Bertz CT molecular complexity index is 968. The molecule has 1 saturated heterocycles. The van der Waals surface area contributed by atoms with Crippen LogP contribution in [0, 0.1) is 13.8 Å². The second-order valence-corrected chi connectivity index (χ2v) is 10.2. The predicted octanol–water partition coefficient (Wildman–Crippen LogP) is 0.992. The Morgan fingerprint density at radius 1 is 1.00 bits per heavy atom. The molecule has 1 heterocycles. The predicted molar refractivity (Wildman–Crippen MR) is 119 cm³/mol. The van der Waals surface area contributed by atoms with Crippen molar-refractivity contribution in [1.82, 2.24) is 9.21 Å². The number of quaternary nitrogens is 1. The molecular weight excluding hydrogens is 398 g/mol. The fourth-order valence-electron chi connectivity index (χ4n) is 3.89. The normalized spacial score (nSPS) is 16.4. The lowest BCUT2D eigenvalue weighted by Crippen LogP contribution is -3.09. The minimum absolute atomic E-state index is 0.00454. The number of carbonyl (C=O) groups is 1. The number of likely N-dealkylation sites (N-methyl/N-ethyl adjacent to an activating group) is 1. The van der Waals surface area contributed by atoms with Gasteiger partial charge in [-0.15, -0.1) is 0 Å². The quantitative estimate of drug-likeness (QED) is 0.713. The van der Waals surface area contributed by atoms with Gasteiger partial charge in [-0.2, -0.15) is 4.31 Å². The van der Waals surface area contributed by atoms with Crippen molar-refractivity contribution >= 4 is 15.9 Å². The average molecular weight is 431 g/mol. The van der Waals surface area contributed by atoms with Gasteiger partial charge in [0.25, 0.3) is 5.91 Å². The molecule has 1 aliphatic rings. The van der Waals surface area contributed by atoms with E-state index in [-0.39, 0.29) is 11.7 Å². The molecule has 1 unspecified atom stereocenters. The van der Waals surface area contributed by atoms with E-state index in [4.69, 9.17) is 0 Å². The molecule has 0 aromatic heterocycles. The Hall–Kier alpha value is -2.22. The highest BCUT2D eigenvalue weighted by Crippen LogP contribution is 2.14. The number of nitrogens with zero attached hydrogens (tertiary/aromatic N) is 2. The molecule has 1 amide bonds. The van der Waals surface area contributed by atoms with E-state index in [0.29, 0.717) is 32.7 Å². The molecule has 2 aromatic rings. The van der Waals surface area contributed by atoms with Crippen LogP contribution in [0.25, 0.3) is 0 Å². The lowest BCUT2D eigenvalue weighted by atomic mass is 10.1. The number of rotatable bonds is 7. The van der Waals surface area contributed by atoms with E-state index >= 15 is 0 Å². The van der Waals surface area contributed by atoms with E-state index in [1.807, 2.05) is 37.4 Å². The third-order valence-corrected chi connectivity index (χ3v) is 7.47. The number of sulfonamides is 1. The van der Waals surface area contributed by atoms with Gasteiger partial charge in [0, 0.05) is 31.7 Å². The molecule has 0 spiro atoms. The molecule has 1 N–H and O–H groups in total. The number of aryl methyl sites for hydroxylation is 2. The van der Waals surface area contributed by atoms with Crippen molar-refractivity contribution in [3.8, 4) is 0 Å². The van der Waals surface area contributed by atoms with Crippen LogP contribution in [0.5, 0.6) is 0 Å². The second-order valence-electron chi connectivity index (χ2n) is 8.26. The van der Waals surface area contributed by atoms with Crippen molar-refractivity contribution < 1.29 is 18.1 Å². The molecule has 0 saturated carbocycles. The molecule has 30 heavy (non-hydrogen) atoms. The van der Waals surface area contributed by atoms with Gasteiger partial charge in [0.2, 0.25) is 10.0 Å². The lowest BCUT2D eigenvalue weighted by molar-refractivity contribution is -0.885. The van der Waals surface area contributed by atoms with E-state index in [1.165, 1.54) is 21.0 Å². The second kappa shape index (κ2) is 9.73. The first kappa shape index (κ1) is 22.5. The van der Waals surface area contributed by atoms with Crippen LogP contribution in [0.1, 0.15) is 22.3 Å². The summed E-state index contributed by atoms with van der Waals surface area (Å²) in [7, 11) is -1.34. The van der Waals surface area contributed by atoms with E-state index < -0.39 is 10.0 Å². The fraction of sp³-hybridized carbons (Fsp3) is 0.435. The lowest BCUT2D eigenvalue weighted by Gasteiger charge is -2.34. The van der Waals surface area contributed by atoms with Gasteiger partial charge in [0.15, 0.2) is 6.54 Å². The van der Waals surface area contributed by atoms with Gasteiger partial charge in [0.1, 0.15) is 6.54 Å². The van der Waals surface area contributed by atoms with Gasteiger partial charge >= 0.3 is 0 Å². The first-order chi connectivity index (χ1) is 14.2. The smallest absolute Gasteiger partial charge is 0.277 e. The standard InChI is InChI=1S/C23H31N3O3S/c1-19-9-10-22(20(2)15-19)16-24(3)17-23(27)25-11-13-26(14-12-25)30(28,29)18-21-7-5-4-6-8-21/h4-10,15H,11-14,16-18H2,1-3H3/p+1. The van der Waals surface area contributed by atoms with Crippen LogP contribution in [-0.4, -0.2) is 63.3 Å². The summed E-state index contributed by atoms with van der Waals surface area (Å²) in [6.07, 6.45) is 0. The number of hydrogen-bond donors (Lipinski definition) is 1. The molecule has 1 aliphatic heterocycles. The van der Waals surface area contributed by atoms with Gasteiger partial charge in [-0.1, -0.05) is 54.1 Å². The zero-order valence-corrected chi connectivity index (χ0v) is 18.9. The first-order valence-corrected chi connectivity index (χ1v) is 12.0. The van der Waals surface area contributed by atoms with Crippen LogP contribution in [0.15, 0.2) is 48.5 Å². The molecule has 0 bridgehead atoms. The largest absolute Gasteiger partial charge is 0.335 e. The molecule has 6 nitrogen and oxygen atoms in total. The minimum atomic E-state index is -3.37.